The summed E-state index contributed by atoms with van der Waals surface area (Å²) in [7, 11) is -3.72. The summed E-state index contributed by atoms with van der Waals surface area (Å²) < 4.78 is 34.5. The molecule has 0 unspecified atom stereocenters. The minimum atomic E-state index is -3.72. The first-order chi connectivity index (χ1) is 14.8. The van der Waals surface area contributed by atoms with Crippen molar-refractivity contribution in [2.45, 2.75) is 11.8 Å². The predicted octanol–water partition coefficient (Wildman–Crippen LogP) is 5.44. The van der Waals surface area contributed by atoms with Crippen molar-refractivity contribution < 1.29 is 17.9 Å². The number of halogens is 2. The van der Waals surface area contributed by atoms with Gasteiger partial charge in [-0.15, -0.1) is 0 Å². The lowest BCUT2D eigenvalue weighted by Crippen LogP contribution is -2.30. The Labute approximate surface area is 198 Å². The van der Waals surface area contributed by atoms with Crippen molar-refractivity contribution in [3.05, 3.63) is 81.7 Å². The number of rotatable bonds is 8. The van der Waals surface area contributed by atoms with E-state index < -0.39 is 10.0 Å². The van der Waals surface area contributed by atoms with Crippen LogP contribution >= 0.6 is 31.9 Å². The van der Waals surface area contributed by atoms with Crippen LogP contribution in [0.15, 0.2) is 86.6 Å². The molecule has 162 valence electrons. The second-order valence-corrected chi connectivity index (χ2v) is 10.1. The van der Waals surface area contributed by atoms with Gasteiger partial charge in [0.15, 0.2) is 6.61 Å². The van der Waals surface area contributed by atoms with Gasteiger partial charge in [-0.3, -0.25) is 9.10 Å². The summed E-state index contributed by atoms with van der Waals surface area (Å²) >= 11 is 6.73. The maximum Gasteiger partial charge on any atom is 0.264 e. The number of nitrogens with one attached hydrogen (secondary N) is 1. The Morgan fingerprint density at radius 3 is 2.29 bits per heavy atom. The Morgan fingerprint density at radius 2 is 1.68 bits per heavy atom. The van der Waals surface area contributed by atoms with Crippen LogP contribution in [0.3, 0.4) is 0 Å². The molecule has 6 nitrogen and oxygen atoms in total. The van der Waals surface area contributed by atoms with Crippen LogP contribution in [0.1, 0.15) is 6.92 Å². The van der Waals surface area contributed by atoms with Crippen LogP contribution in [0.25, 0.3) is 0 Å². The fourth-order valence-corrected chi connectivity index (χ4v) is 5.49. The van der Waals surface area contributed by atoms with E-state index in [1.165, 1.54) is 16.4 Å². The van der Waals surface area contributed by atoms with Gasteiger partial charge in [-0.25, -0.2) is 8.42 Å². The van der Waals surface area contributed by atoms with Gasteiger partial charge < -0.3 is 10.1 Å². The molecule has 0 atom stereocenters. The standard InChI is InChI=1S/C22H20Br2N2O4S/c1-2-26(18-6-4-3-5-7-18)31(28,29)19-11-9-17(10-12-19)25-22(27)15-30-21-13-8-16(23)14-20(21)24/h3-14H,2,15H2,1H3,(H,25,27). The number of ether oxygens (including phenoxy) is 1. The van der Waals surface area contributed by atoms with Crippen LogP contribution in [0.5, 0.6) is 5.75 Å². The molecule has 0 aliphatic carbocycles. The predicted molar refractivity (Wildman–Crippen MR) is 129 cm³/mol. The first-order valence-electron chi connectivity index (χ1n) is 9.37. The Balaban J connectivity index is 1.66. The highest BCUT2D eigenvalue weighted by Crippen LogP contribution is 2.28. The largest absolute Gasteiger partial charge is 0.483 e. The van der Waals surface area contributed by atoms with Gasteiger partial charge in [-0.1, -0.05) is 34.1 Å². The van der Waals surface area contributed by atoms with E-state index in [4.69, 9.17) is 4.74 Å². The Hall–Kier alpha value is -2.36. The number of carbonyl (C=O) groups excluding carboxylic acids is 1. The molecule has 0 aliphatic rings. The number of amides is 1. The molecule has 3 rings (SSSR count). The first-order valence-corrected chi connectivity index (χ1v) is 12.4. The van der Waals surface area contributed by atoms with E-state index in [2.05, 4.69) is 37.2 Å². The third kappa shape index (κ3) is 5.87. The summed E-state index contributed by atoms with van der Waals surface area (Å²) in [5.74, 6) is 0.185. The fourth-order valence-electron chi connectivity index (χ4n) is 2.86. The highest BCUT2D eigenvalue weighted by molar-refractivity contribution is 9.11. The van der Waals surface area contributed by atoms with Crippen molar-refractivity contribution >= 4 is 59.2 Å². The number of carbonyl (C=O) groups is 1. The summed E-state index contributed by atoms with van der Waals surface area (Å²) in [5, 5.41) is 2.70. The van der Waals surface area contributed by atoms with Gasteiger partial charge in [0.1, 0.15) is 5.75 Å². The smallest absolute Gasteiger partial charge is 0.264 e. The van der Waals surface area contributed by atoms with Gasteiger partial charge in [0.25, 0.3) is 15.9 Å². The Kier molecular flexibility index (Phi) is 7.74. The van der Waals surface area contributed by atoms with E-state index >= 15 is 0 Å². The number of sulfonamides is 1. The molecule has 3 aromatic rings. The molecule has 0 saturated heterocycles. The third-order valence-electron chi connectivity index (χ3n) is 4.31. The van der Waals surface area contributed by atoms with Crippen molar-refractivity contribution in [1.29, 1.82) is 0 Å². The van der Waals surface area contributed by atoms with Crippen LogP contribution in [0.2, 0.25) is 0 Å². The van der Waals surface area contributed by atoms with E-state index in [9.17, 15) is 13.2 Å². The fraction of sp³-hybridized carbons (Fsp3) is 0.136. The maximum atomic E-state index is 13.0. The maximum absolute atomic E-state index is 13.0. The van der Waals surface area contributed by atoms with Crippen LogP contribution in [-0.4, -0.2) is 27.5 Å². The highest BCUT2D eigenvalue weighted by Gasteiger charge is 2.23. The lowest BCUT2D eigenvalue weighted by molar-refractivity contribution is -0.118. The van der Waals surface area contributed by atoms with Crippen LogP contribution in [-0.2, 0) is 14.8 Å². The zero-order valence-electron chi connectivity index (χ0n) is 16.6. The van der Waals surface area contributed by atoms with Crippen molar-refractivity contribution in [2.24, 2.45) is 0 Å². The van der Waals surface area contributed by atoms with Gasteiger partial charge >= 0.3 is 0 Å². The van der Waals surface area contributed by atoms with E-state index in [1.54, 1.807) is 49.4 Å². The topological polar surface area (TPSA) is 75.7 Å². The Morgan fingerprint density at radius 1 is 1.00 bits per heavy atom. The molecule has 3 aromatic carbocycles. The van der Waals surface area contributed by atoms with Gasteiger partial charge in [-0.2, -0.15) is 0 Å². The average Bonchev–Trinajstić information content (AvgIpc) is 2.74. The van der Waals surface area contributed by atoms with Crippen molar-refractivity contribution in [3.63, 3.8) is 0 Å². The van der Waals surface area contributed by atoms with Crippen LogP contribution in [0, 0.1) is 0 Å². The normalized spacial score (nSPS) is 11.1. The first kappa shape index (κ1) is 23.3. The summed E-state index contributed by atoms with van der Waals surface area (Å²) in [6.07, 6.45) is 0. The van der Waals surface area contributed by atoms with Crippen molar-refractivity contribution in [2.75, 3.05) is 22.8 Å². The van der Waals surface area contributed by atoms with Gasteiger partial charge in [0, 0.05) is 16.7 Å². The summed E-state index contributed by atoms with van der Waals surface area (Å²) in [4.78, 5) is 12.3. The molecule has 1 N–H and O–H groups in total. The molecule has 0 heterocycles. The Bertz CT molecular complexity index is 1150. The minimum Gasteiger partial charge on any atom is -0.483 e. The molecule has 0 bridgehead atoms. The molecule has 0 fully saturated rings. The number of anilines is 2. The summed E-state index contributed by atoms with van der Waals surface area (Å²) in [6.45, 7) is 1.90. The number of nitrogens with zero attached hydrogens (tertiary/aromatic N) is 1. The number of hydrogen-bond donors (Lipinski definition) is 1. The quantitative estimate of drug-likeness (QED) is 0.393. The molecule has 0 aliphatic heterocycles. The molecule has 0 aromatic heterocycles. The van der Waals surface area contributed by atoms with Crippen LogP contribution in [0.4, 0.5) is 11.4 Å². The molecule has 31 heavy (non-hydrogen) atoms. The third-order valence-corrected chi connectivity index (χ3v) is 7.34. The summed E-state index contributed by atoms with van der Waals surface area (Å²) in [6, 6.07) is 20.4. The zero-order chi connectivity index (χ0) is 22.4. The van der Waals surface area contributed by atoms with E-state index in [0.29, 0.717) is 23.7 Å². The molecular weight excluding hydrogens is 548 g/mol. The van der Waals surface area contributed by atoms with Gasteiger partial charge in [-0.05, 0) is 77.5 Å². The molecule has 0 spiro atoms. The van der Waals surface area contributed by atoms with E-state index in [1.807, 2.05) is 18.2 Å². The minimum absolute atomic E-state index is 0.145. The number of benzene rings is 3. The van der Waals surface area contributed by atoms with Gasteiger partial charge in [0.05, 0.1) is 15.1 Å². The lowest BCUT2D eigenvalue weighted by Gasteiger charge is -2.23. The molecular formula is C22H20Br2N2O4S. The average molecular weight is 568 g/mol. The van der Waals surface area contributed by atoms with E-state index in [0.717, 1.165) is 8.95 Å². The van der Waals surface area contributed by atoms with Gasteiger partial charge in [0.2, 0.25) is 0 Å². The molecule has 9 heteroatoms. The van der Waals surface area contributed by atoms with Crippen LogP contribution < -0.4 is 14.4 Å². The molecule has 0 radical (unpaired) electrons. The second-order valence-electron chi connectivity index (χ2n) is 6.44. The molecule has 0 saturated carbocycles. The zero-order valence-corrected chi connectivity index (χ0v) is 20.6. The second kappa shape index (κ2) is 10.3. The number of hydrogen-bond acceptors (Lipinski definition) is 4. The monoisotopic (exact) mass is 566 g/mol. The highest BCUT2D eigenvalue weighted by atomic mass is 79.9. The number of para-hydroxylation sites is 1. The van der Waals surface area contributed by atoms with Crippen molar-refractivity contribution in [1.82, 2.24) is 0 Å². The van der Waals surface area contributed by atoms with Crippen molar-refractivity contribution in [3.8, 4) is 5.75 Å². The molecule has 1 amide bonds. The summed E-state index contributed by atoms with van der Waals surface area (Å²) in [5.41, 5.74) is 1.07. The van der Waals surface area contributed by atoms with E-state index in [-0.39, 0.29) is 17.4 Å². The SMILES string of the molecule is CCN(c1ccccc1)S(=O)(=O)c1ccc(NC(=O)COc2ccc(Br)cc2Br)cc1. The lowest BCUT2D eigenvalue weighted by atomic mass is 10.3.